The second kappa shape index (κ2) is 7.99. The van der Waals surface area contributed by atoms with E-state index in [1.54, 1.807) is 38.4 Å². The molecule has 1 aromatic carbocycles. The number of rotatable bonds is 4. The van der Waals surface area contributed by atoms with E-state index < -0.39 is 28.9 Å². The van der Waals surface area contributed by atoms with Gasteiger partial charge in [-0.2, -0.15) is 5.26 Å². The molecule has 3 atom stereocenters. The summed E-state index contributed by atoms with van der Waals surface area (Å²) in [6.07, 6.45) is 3.91. The van der Waals surface area contributed by atoms with Gasteiger partial charge in [-0.05, 0) is 51.3 Å². The number of carbonyl (C=O) groups excluding carboxylic acids is 1. The molecule has 10 heteroatoms. The van der Waals surface area contributed by atoms with Crippen molar-refractivity contribution < 1.29 is 19.0 Å². The molecule has 3 aromatic rings. The van der Waals surface area contributed by atoms with Crippen molar-refractivity contribution in [3.63, 3.8) is 0 Å². The molecule has 0 bridgehead atoms. The minimum Gasteiger partial charge on any atom is -0.441 e. The average Bonchev–Trinajstić information content (AvgIpc) is 3.36. The molecule has 0 unspecified atom stereocenters. The number of imidazole rings is 1. The Morgan fingerprint density at radius 1 is 1.31 bits per heavy atom. The average molecular weight is 479 g/mol. The van der Waals surface area contributed by atoms with Crippen LogP contribution in [0.3, 0.4) is 0 Å². The largest absolute Gasteiger partial charge is 0.441 e. The number of halogens is 1. The van der Waals surface area contributed by atoms with Gasteiger partial charge in [0.1, 0.15) is 17.4 Å². The number of hydrogen-bond donors (Lipinski definition) is 1. The van der Waals surface area contributed by atoms with Gasteiger partial charge in [-0.25, -0.2) is 19.2 Å². The maximum absolute atomic E-state index is 15.4. The van der Waals surface area contributed by atoms with Crippen LogP contribution in [0, 0.1) is 16.7 Å². The molecule has 0 radical (unpaired) electrons. The molecule has 1 N–H and O–H groups in total. The number of anilines is 1. The van der Waals surface area contributed by atoms with Gasteiger partial charge in [-0.3, -0.25) is 9.88 Å². The third kappa shape index (κ3) is 4.10. The van der Waals surface area contributed by atoms with E-state index in [1.807, 2.05) is 11.5 Å². The quantitative estimate of drug-likeness (QED) is 0.605. The highest BCUT2D eigenvalue weighted by molar-refractivity contribution is 5.89. The van der Waals surface area contributed by atoms with Gasteiger partial charge in [0.05, 0.1) is 53.6 Å². The molecule has 35 heavy (non-hydrogen) atoms. The Morgan fingerprint density at radius 3 is 2.80 bits per heavy atom. The first-order valence-electron chi connectivity index (χ1n) is 11.6. The molecule has 1 saturated heterocycles. The van der Waals surface area contributed by atoms with Gasteiger partial charge in [0, 0.05) is 12.0 Å². The number of aliphatic hydroxyl groups is 1. The van der Waals surface area contributed by atoms with Crippen LogP contribution in [0.15, 0.2) is 36.9 Å². The first kappa shape index (κ1) is 23.2. The highest BCUT2D eigenvalue weighted by atomic mass is 19.1. The fraction of sp³-hybridized carbons (Fsp3) is 0.480. The highest BCUT2D eigenvalue weighted by Crippen LogP contribution is 2.49. The number of carbonyl (C=O) groups is 1. The maximum atomic E-state index is 15.4. The number of aromatic nitrogens is 4. The standard InChI is InChI=1S/C25H27FN6O3/c1-23(2,34)20-10-29-21(11-28-20)32-14-25(35-22(32)33)7-6-19(26)24(3,12-25)13-31-15-30-17-5-4-16(9-27)8-18(17)31/h4-5,8,10-11,15,19,34H,6-7,12-14H2,1-3H3/t19-,24+,25+/m0/s1. The minimum absolute atomic E-state index is 0.244. The highest BCUT2D eigenvalue weighted by Gasteiger charge is 2.55. The van der Waals surface area contributed by atoms with Gasteiger partial charge in [0.15, 0.2) is 5.82 Å². The van der Waals surface area contributed by atoms with Crippen LogP contribution in [0.5, 0.6) is 0 Å². The monoisotopic (exact) mass is 478 g/mol. The summed E-state index contributed by atoms with van der Waals surface area (Å²) in [4.78, 5) is 27.2. The van der Waals surface area contributed by atoms with Crippen LogP contribution in [0.25, 0.3) is 11.0 Å². The van der Waals surface area contributed by atoms with Crippen LogP contribution in [0.4, 0.5) is 15.0 Å². The molecule has 2 aliphatic rings. The smallest absolute Gasteiger partial charge is 0.416 e. The van der Waals surface area contributed by atoms with E-state index in [-0.39, 0.29) is 13.0 Å². The molecule has 1 aliphatic heterocycles. The molecule has 1 spiro atoms. The van der Waals surface area contributed by atoms with E-state index in [4.69, 9.17) is 4.74 Å². The lowest BCUT2D eigenvalue weighted by Crippen LogP contribution is -2.50. The molecule has 1 saturated carbocycles. The van der Waals surface area contributed by atoms with Crippen LogP contribution < -0.4 is 4.90 Å². The van der Waals surface area contributed by atoms with Crippen molar-refractivity contribution >= 4 is 22.9 Å². The molecule has 2 fully saturated rings. The zero-order valence-corrected chi connectivity index (χ0v) is 19.9. The zero-order chi connectivity index (χ0) is 25.0. The van der Waals surface area contributed by atoms with Crippen molar-refractivity contribution in [2.75, 3.05) is 11.4 Å². The summed E-state index contributed by atoms with van der Waals surface area (Å²) < 4.78 is 23.1. The van der Waals surface area contributed by atoms with Crippen molar-refractivity contribution in [2.45, 2.75) is 64.0 Å². The predicted molar refractivity (Wildman–Crippen MR) is 125 cm³/mol. The van der Waals surface area contributed by atoms with Gasteiger partial charge >= 0.3 is 6.09 Å². The fourth-order valence-corrected chi connectivity index (χ4v) is 5.27. The van der Waals surface area contributed by atoms with Crippen molar-refractivity contribution in [2.24, 2.45) is 5.41 Å². The molecule has 3 heterocycles. The second-order valence-corrected chi connectivity index (χ2v) is 10.5. The van der Waals surface area contributed by atoms with Crippen LogP contribution in [-0.2, 0) is 16.9 Å². The van der Waals surface area contributed by atoms with Gasteiger partial charge < -0.3 is 14.4 Å². The molecule has 5 rings (SSSR count). The maximum Gasteiger partial charge on any atom is 0.416 e. The summed E-state index contributed by atoms with van der Waals surface area (Å²) in [7, 11) is 0. The van der Waals surface area contributed by atoms with E-state index >= 15 is 4.39 Å². The number of amides is 1. The topological polar surface area (TPSA) is 117 Å². The Kier molecular flexibility index (Phi) is 5.29. The number of ether oxygens (including phenoxy) is 1. The molecule has 182 valence electrons. The lowest BCUT2D eigenvalue weighted by molar-refractivity contribution is -0.0663. The van der Waals surface area contributed by atoms with E-state index in [0.29, 0.717) is 36.5 Å². The molecule has 1 amide bonds. The van der Waals surface area contributed by atoms with E-state index in [9.17, 15) is 15.2 Å². The third-order valence-corrected chi connectivity index (χ3v) is 7.13. The Bertz CT molecular complexity index is 1330. The first-order chi connectivity index (χ1) is 16.5. The number of alkyl halides is 1. The van der Waals surface area contributed by atoms with E-state index in [0.717, 1.165) is 11.0 Å². The molecular weight excluding hydrogens is 451 g/mol. The summed E-state index contributed by atoms with van der Waals surface area (Å²) in [5.74, 6) is 0.327. The number of benzene rings is 1. The van der Waals surface area contributed by atoms with Crippen LogP contribution in [0.2, 0.25) is 0 Å². The first-order valence-corrected chi connectivity index (χ1v) is 11.6. The summed E-state index contributed by atoms with van der Waals surface area (Å²) in [5.41, 5.74) is -0.407. The zero-order valence-electron chi connectivity index (χ0n) is 19.9. The van der Waals surface area contributed by atoms with Gasteiger partial charge in [-0.1, -0.05) is 6.92 Å². The summed E-state index contributed by atoms with van der Waals surface area (Å²) in [5, 5.41) is 19.4. The van der Waals surface area contributed by atoms with Crippen LogP contribution >= 0.6 is 0 Å². The van der Waals surface area contributed by atoms with Gasteiger partial charge in [0.25, 0.3) is 0 Å². The normalized spacial score (nSPS) is 26.8. The lowest BCUT2D eigenvalue weighted by atomic mass is 9.67. The van der Waals surface area contributed by atoms with Gasteiger partial charge in [0.2, 0.25) is 0 Å². The Morgan fingerprint density at radius 2 is 2.11 bits per heavy atom. The van der Waals surface area contributed by atoms with Crippen molar-refractivity contribution in [3.8, 4) is 6.07 Å². The number of nitrogens with zero attached hydrogens (tertiary/aromatic N) is 6. The van der Waals surface area contributed by atoms with Crippen LogP contribution in [-0.4, -0.2) is 49.0 Å². The van der Waals surface area contributed by atoms with Crippen molar-refractivity contribution in [3.05, 3.63) is 48.2 Å². The number of fused-ring (bicyclic) bond motifs is 1. The second-order valence-electron chi connectivity index (χ2n) is 10.5. The summed E-state index contributed by atoms with van der Waals surface area (Å²) in [6, 6.07) is 7.37. The summed E-state index contributed by atoms with van der Waals surface area (Å²) in [6.45, 7) is 5.66. The minimum atomic E-state index is -1.15. The molecule has 9 nitrogen and oxygen atoms in total. The van der Waals surface area contributed by atoms with Crippen LogP contribution in [0.1, 0.15) is 51.3 Å². The Balaban J connectivity index is 1.39. The van der Waals surface area contributed by atoms with Crippen molar-refractivity contribution in [1.29, 1.82) is 5.26 Å². The predicted octanol–water partition coefficient (Wildman–Crippen LogP) is 3.85. The number of nitriles is 1. The fourth-order valence-electron chi connectivity index (χ4n) is 5.27. The molecule has 2 aromatic heterocycles. The Labute approximate surface area is 202 Å². The van der Waals surface area contributed by atoms with Gasteiger partial charge in [-0.15, -0.1) is 0 Å². The number of hydrogen-bond acceptors (Lipinski definition) is 7. The third-order valence-electron chi connectivity index (χ3n) is 7.13. The van der Waals surface area contributed by atoms with Crippen molar-refractivity contribution in [1.82, 2.24) is 19.5 Å². The molecule has 1 aliphatic carbocycles. The SMILES string of the molecule is CC(C)(O)c1cnc(N2C[C@]3(CC[C@H](F)[C@@](C)(Cn4cnc5ccc(C#N)cc54)C3)OC2=O)cn1. The summed E-state index contributed by atoms with van der Waals surface area (Å²) >= 11 is 0. The van der Waals surface area contributed by atoms with E-state index in [2.05, 4.69) is 21.0 Å². The van der Waals surface area contributed by atoms with E-state index in [1.165, 1.54) is 17.3 Å². The lowest BCUT2D eigenvalue weighted by Gasteiger charge is -2.45. The Hall–Kier alpha value is -3.58. The molecular formula is C25H27FN6O3.